The van der Waals surface area contributed by atoms with Gasteiger partial charge in [0, 0.05) is 24.8 Å². The highest BCUT2D eigenvalue weighted by Gasteiger charge is 2.27. The molecule has 1 rings (SSSR count). The Labute approximate surface area is 147 Å². The highest BCUT2D eigenvalue weighted by molar-refractivity contribution is 5.51. The van der Waals surface area contributed by atoms with Gasteiger partial charge in [0.1, 0.15) is 5.75 Å². The zero-order chi connectivity index (χ0) is 18.4. The summed E-state index contributed by atoms with van der Waals surface area (Å²) in [5.74, 6) is 0.948. The number of aliphatic hydroxyl groups is 1. The first-order chi connectivity index (χ1) is 11.1. The number of ether oxygens (including phenoxy) is 2. The first-order valence-corrected chi connectivity index (χ1v) is 8.72. The van der Waals surface area contributed by atoms with Gasteiger partial charge in [-0.15, -0.1) is 0 Å². The van der Waals surface area contributed by atoms with E-state index in [0.29, 0.717) is 6.54 Å². The van der Waals surface area contributed by atoms with E-state index in [0.717, 1.165) is 18.7 Å². The molecule has 138 valence electrons. The average Bonchev–Trinajstić information content (AvgIpc) is 2.47. The van der Waals surface area contributed by atoms with Crippen LogP contribution in [0.2, 0.25) is 0 Å². The molecule has 0 bridgehead atoms. The quantitative estimate of drug-likeness (QED) is 0.564. The predicted molar refractivity (Wildman–Crippen MR) is 100 cm³/mol. The van der Waals surface area contributed by atoms with Crippen LogP contribution in [-0.4, -0.2) is 38.7 Å². The van der Waals surface area contributed by atoms with Crippen LogP contribution in [0.4, 0.5) is 0 Å². The van der Waals surface area contributed by atoms with Crippen LogP contribution in [0.3, 0.4) is 0 Å². The average molecular weight is 338 g/mol. The molecule has 0 aromatic heterocycles. The summed E-state index contributed by atoms with van der Waals surface area (Å²) in [4.78, 5) is 0. The summed E-state index contributed by atoms with van der Waals surface area (Å²) in [7, 11) is 1.65. The van der Waals surface area contributed by atoms with Crippen LogP contribution < -0.4 is 10.1 Å². The summed E-state index contributed by atoms with van der Waals surface area (Å²) in [6, 6.07) is 4.50. The Morgan fingerprint density at radius 3 is 1.92 bits per heavy atom. The van der Waals surface area contributed by atoms with Crippen LogP contribution in [0.1, 0.15) is 58.2 Å². The van der Waals surface area contributed by atoms with Crippen molar-refractivity contribution in [2.24, 2.45) is 0 Å². The summed E-state index contributed by atoms with van der Waals surface area (Å²) < 4.78 is 11.1. The highest BCUT2D eigenvalue weighted by Crippen LogP contribution is 2.40. The van der Waals surface area contributed by atoms with Gasteiger partial charge < -0.3 is 19.9 Å². The fourth-order valence-corrected chi connectivity index (χ4v) is 2.66. The minimum atomic E-state index is -0.0163. The summed E-state index contributed by atoms with van der Waals surface area (Å²) in [5, 5.41) is 12.1. The first kappa shape index (κ1) is 20.9. The van der Waals surface area contributed by atoms with Gasteiger partial charge in [-0.25, -0.2) is 0 Å². The van der Waals surface area contributed by atoms with Crippen molar-refractivity contribution < 1.29 is 14.6 Å². The SMILES string of the molecule is COCOc1c(C(C)(C)C)cc(CCNCCO)cc1C(C)(C)C. The van der Waals surface area contributed by atoms with Crippen LogP contribution in [0.25, 0.3) is 0 Å². The second-order valence-electron chi connectivity index (χ2n) is 8.29. The van der Waals surface area contributed by atoms with Gasteiger partial charge in [0.25, 0.3) is 0 Å². The molecule has 0 fully saturated rings. The highest BCUT2D eigenvalue weighted by atomic mass is 16.7. The van der Waals surface area contributed by atoms with Crippen molar-refractivity contribution in [3.63, 3.8) is 0 Å². The molecule has 1 aromatic carbocycles. The monoisotopic (exact) mass is 337 g/mol. The molecule has 0 radical (unpaired) electrons. The van der Waals surface area contributed by atoms with E-state index in [2.05, 4.69) is 59.0 Å². The predicted octanol–water partition coefficient (Wildman–Crippen LogP) is 3.39. The molecule has 0 saturated carbocycles. The van der Waals surface area contributed by atoms with Crippen LogP contribution in [0, 0.1) is 0 Å². The molecule has 0 aliphatic rings. The summed E-state index contributed by atoms with van der Waals surface area (Å²) in [6.45, 7) is 15.2. The lowest BCUT2D eigenvalue weighted by atomic mass is 9.78. The van der Waals surface area contributed by atoms with E-state index in [9.17, 15) is 0 Å². The van der Waals surface area contributed by atoms with Crippen molar-refractivity contribution in [1.29, 1.82) is 0 Å². The van der Waals surface area contributed by atoms with Gasteiger partial charge in [0.15, 0.2) is 6.79 Å². The first-order valence-electron chi connectivity index (χ1n) is 8.72. The molecule has 4 nitrogen and oxygen atoms in total. The molecular weight excluding hydrogens is 302 g/mol. The smallest absolute Gasteiger partial charge is 0.188 e. The van der Waals surface area contributed by atoms with E-state index in [4.69, 9.17) is 14.6 Å². The van der Waals surface area contributed by atoms with Gasteiger partial charge in [0.2, 0.25) is 0 Å². The fourth-order valence-electron chi connectivity index (χ4n) is 2.66. The fraction of sp³-hybridized carbons (Fsp3) is 0.700. The van der Waals surface area contributed by atoms with Gasteiger partial charge in [-0.2, -0.15) is 0 Å². The molecule has 4 heteroatoms. The third-order valence-electron chi connectivity index (χ3n) is 3.96. The zero-order valence-corrected chi connectivity index (χ0v) is 16.5. The van der Waals surface area contributed by atoms with E-state index in [1.165, 1.54) is 16.7 Å². The molecule has 2 N–H and O–H groups in total. The Kier molecular flexibility index (Phi) is 7.71. The zero-order valence-electron chi connectivity index (χ0n) is 16.5. The standard InChI is InChI=1S/C20H35NO3/c1-19(2,3)16-12-15(8-9-21-10-11-22)13-17(20(4,5)6)18(16)24-14-23-7/h12-13,21-22H,8-11,14H2,1-7H3. The Balaban J connectivity index is 3.29. The Morgan fingerprint density at radius 1 is 0.958 bits per heavy atom. The summed E-state index contributed by atoms with van der Waals surface area (Å²) in [5.41, 5.74) is 3.68. The van der Waals surface area contributed by atoms with Gasteiger partial charge in [-0.1, -0.05) is 53.7 Å². The van der Waals surface area contributed by atoms with Gasteiger partial charge >= 0.3 is 0 Å². The van der Waals surface area contributed by atoms with Crippen molar-refractivity contribution in [3.05, 3.63) is 28.8 Å². The summed E-state index contributed by atoms with van der Waals surface area (Å²) >= 11 is 0. The topological polar surface area (TPSA) is 50.7 Å². The van der Waals surface area contributed by atoms with Crippen LogP contribution in [-0.2, 0) is 22.0 Å². The number of benzene rings is 1. The molecule has 0 spiro atoms. The lowest BCUT2D eigenvalue weighted by molar-refractivity contribution is 0.0484. The van der Waals surface area contributed by atoms with Crippen molar-refractivity contribution in [2.75, 3.05) is 33.6 Å². The summed E-state index contributed by atoms with van der Waals surface area (Å²) in [6.07, 6.45) is 0.927. The molecule has 0 saturated heterocycles. The molecule has 0 aliphatic heterocycles. The van der Waals surface area contributed by atoms with Crippen LogP contribution >= 0.6 is 0 Å². The molecule has 24 heavy (non-hydrogen) atoms. The number of aliphatic hydroxyl groups excluding tert-OH is 1. The lowest BCUT2D eigenvalue weighted by Gasteiger charge is -2.30. The molecule has 0 heterocycles. The number of hydrogen-bond donors (Lipinski definition) is 2. The molecule has 1 aromatic rings. The van der Waals surface area contributed by atoms with E-state index in [-0.39, 0.29) is 24.2 Å². The number of nitrogens with one attached hydrogen (secondary N) is 1. The maximum absolute atomic E-state index is 8.89. The lowest BCUT2D eigenvalue weighted by Crippen LogP contribution is -2.23. The number of hydrogen-bond acceptors (Lipinski definition) is 4. The molecule has 0 aliphatic carbocycles. The minimum Gasteiger partial charge on any atom is -0.467 e. The van der Waals surface area contributed by atoms with Gasteiger partial charge in [-0.3, -0.25) is 0 Å². The Morgan fingerprint density at radius 2 is 1.50 bits per heavy atom. The van der Waals surface area contributed by atoms with Crippen molar-refractivity contribution >= 4 is 0 Å². The third kappa shape index (κ3) is 6.08. The van der Waals surface area contributed by atoms with Crippen LogP contribution in [0.5, 0.6) is 5.75 Å². The maximum atomic E-state index is 8.89. The number of rotatable bonds is 8. The second-order valence-corrected chi connectivity index (χ2v) is 8.29. The molecule has 0 amide bonds. The maximum Gasteiger partial charge on any atom is 0.188 e. The Hall–Kier alpha value is -1.10. The minimum absolute atomic E-state index is 0.0163. The van der Waals surface area contributed by atoms with Crippen molar-refractivity contribution in [2.45, 2.75) is 58.8 Å². The molecule has 0 atom stereocenters. The molecular formula is C20H35NO3. The largest absolute Gasteiger partial charge is 0.467 e. The number of methoxy groups -OCH3 is 1. The van der Waals surface area contributed by atoms with E-state index in [1.54, 1.807) is 7.11 Å². The van der Waals surface area contributed by atoms with Gasteiger partial charge in [0.05, 0.1) is 6.61 Å². The molecule has 0 unspecified atom stereocenters. The van der Waals surface area contributed by atoms with E-state index >= 15 is 0 Å². The van der Waals surface area contributed by atoms with E-state index < -0.39 is 0 Å². The Bertz CT molecular complexity index is 478. The normalized spacial score (nSPS) is 12.5. The van der Waals surface area contributed by atoms with Crippen molar-refractivity contribution in [3.8, 4) is 5.75 Å². The second kappa shape index (κ2) is 8.84. The van der Waals surface area contributed by atoms with Crippen molar-refractivity contribution in [1.82, 2.24) is 5.32 Å². The third-order valence-corrected chi connectivity index (χ3v) is 3.96. The van der Waals surface area contributed by atoms with Crippen LogP contribution in [0.15, 0.2) is 12.1 Å². The van der Waals surface area contributed by atoms with Gasteiger partial charge in [-0.05, 0) is 29.4 Å². The van der Waals surface area contributed by atoms with E-state index in [1.807, 2.05) is 0 Å².